The lowest BCUT2D eigenvalue weighted by Gasteiger charge is -2.26. The fourth-order valence-corrected chi connectivity index (χ4v) is 6.30. The van der Waals surface area contributed by atoms with Crippen molar-refractivity contribution in [3.05, 3.63) is 18.2 Å². The van der Waals surface area contributed by atoms with Crippen LogP contribution in [0.5, 0.6) is 11.5 Å². The van der Waals surface area contributed by atoms with Gasteiger partial charge in [-0.3, -0.25) is 0 Å². The van der Waals surface area contributed by atoms with Gasteiger partial charge in [-0.15, -0.1) is 0 Å². The Morgan fingerprint density at radius 1 is 1.20 bits per heavy atom. The van der Waals surface area contributed by atoms with Gasteiger partial charge in [0.05, 0.1) is 4.90 Å². The van der Waals surface area contributed by atoms with Crippen molar-refractivity contribution in [2.24, 2.45) is 0 Å². The molecule has 0 aromatic heterocycles. The Hall–Kier alpha value is -0.920. The average molecular weight is 313 g/mol. The van der Waals surface area contributed by atoms with Crippen LogP contribution in [-0.4, -0.2) is 49.5 Å². The van der Waals surface area contributed by atoms with Gasteiger partial charge in [-0.25, -0.2) is 8.42 Å². The lowest BCUT2D eigenvalue weighted by atomic mass is 10.3. The zero-order chi connectivity index (χ0) is 13.7. The van der Waals surface area contributed by atoms with Crippen LogP contribution in [0.25, 0.3) is 0 Å². The maximum absolute atomic E-state index is 12.7. The van der Waals surface area contributed by atoms with Crippen LogP contribution in [0.1, 0.15) is 6.42 Å². The Morgan fingerprint density at radius 2 is 2.00 bits per heavy atom. The molecule has 1 aromatic carbocycles. The second kappa shape index (κ2) is 4.54. The average Bonchev–Trinajstić information content (AvgIpc) is 3.09. The zero-order valence-corrected chi connectivity index (χ0v) is 12.5. The second-order valence-corrected chi connectivity index (χ2v) is 8.45. The molecule has 0 spiro atoms. The smallest absolute Gasteiger partial charge is 0.243 e. The summed E-state index contributed by atoms with van der Waals surface area (Å²) < 4.78 is 38.0. The molecule has 0 aliphatic carbocycles. The third kappa shape index (κ3) is 1.91. The first kappa shape index (κ1) is 12.8. The molecule has 2 fully saturated rings. The lowest BCUT2D eigenvalue weighted by molar-refractivity contribution is 0.171. The minimum Gasteiger partial charge on any atom is -0.486 e. The molecule has 3 aliphatic heterocycles. The molecule has 4 rings (SSSR count). The fraction of sp³-hybridized carbons (Fsp3) is 0.538. The van der Waals surface area contributed by atoms with Crippen molar-refractivity contribution in [1.29, 1.82) is 0 Å². The highest BCUT2D eigenvalue weighted by Crippen LogP contribution is 2.41. The Morgan fingerprint density at radius 3 is 2.70 bits per heavy atom. The summed E-state index contributed by atoms with van der Waals surface area (Å²) in [5.41, 5.74) is 0. The van der Waals surface area contributed by atoms with Crippen LogP contribution in [0.3, 0.4) is 0 Å². The molecule has 1 aromatic rings. The van der Waals surface area contributed by atoms with Gasteiger partial charge in [0.15, 0.2) is 11.5 Å². The van der Waals surface area contributed by atoms with E-state index in [9.17, 15) is 8.42 Å². The summed E-state index contributed by atoms with van der Waals surface area (Å²) in [5.74, 6) is 2.05. The third-order valence-corrected chi connectivity index (χ3v) is 7.27. The number of thioether (sulfide) groups is 1. The van der Waals surface area contributed by atoms with Crippen molar-refractivity contribution >= 4 is 21.8 Å². The summed E-state index contributed by atoms with van der Waals surface area (Å²) >= 11 is 1.88. The van der Waals surface area contributed by atoms with Gasteiger partial charge in [0.2, 0.25) is 10.0 Å². The van der Waals surface area contributed by atoms with Gasteiger partial charge in [-0.05, 0) is 18.6 Å². The molecule has 7 heteroatoms. The molecule has 20 heavy (non-hydrogen) atoms. The topological polar surface area (TPSA) is 55.8 Å². The molecule has 108 valence electrons. The quantitative estimate of drug-likeness (QED) is 0.824. The number of fused-ring (bicyclic) bond motifs is 3. The summed E-state index contributed by atoms with van der Waals surface area (Å²) in [6.45, 7) is 1.60. The standard InChI is InChI=1S/C13H15NO4S2/c15-20(16,14-7-10-5-9(14)8-19-10)11-1-2-12-13(6-11)18-4-3-17-12/h1-2,6,9-10H,3-5,7-8H2. The van der Waals surface area contributed by atoms with Gasteiger partial charge < -0.3 is 9.47 Å². The SMILES string of the molecule is O=S(=O)(c1ccc2c(c1)OCCO2)N1CC2CC1CS2. The molecule has 2 unspecified atom stereocenters. The number of nitrogens with zero attached hydrogens (tertiary/aromatic N) is 1. The van der Waals surface area contributed by atoms with E-state index in [0.29, 0.717) is 41.4 Å². The van der Waals surface area contributed by atoms with E-state index in [-0.39, 0.29) is 6.04 Å². The van der Waals surface area contributed by atoms with E-state index in [1.165, 1.54) is 0 Å². The predicted molar refractivity (Wildman–Crippen MR) is 76.0 cm³/mol. The lowest BCUT2D eigenvalue weighted by Crippen LogP contribution is -2.39. The van der Waals surface area contributed by atoms with Gasteiger partial charge in [0.1, 0.15) is 13.2 Å². The number of sulfonamides is 1. The highest BCUT2D eigenvalue weighted by Gasteiger charge is 2.45. The molecule has 0 saturated carbocycles. The van der Waals surface area contributed by atoms with Crippen molar-refractivity contribution in [3.63, 3.8) is 0 Å². The molecule has 3 aliphatic rings. The number of rotatable bonds is 2. The first-order valence-electron chi connectivity index (χ1n) is 6.68. The number of benzene rings is 1. The maximum Gasteiger partial charge on any atom is 0.243 e. The molecule has 0 amide bonds. The Balaban J connectivity index is 1.69. The molecule has 3 heterocycles. The van der Waals surface area contributed by atoms with Gasteiger partial charge in [-0.2, -0.15) is 16.1 Å². The van der Waals surface area contributed by atoms with Gasteiger partial charge in [0, 0.05) is 29.7 Å². The third-order valence-electron chi connectivity index (χ3n) is 3.97. The van der Waals surface area contributed by atoms with Crippen molar-refractivity contribution in [3.8, 4) is 11.5 Å². The monoisotopic (exact) mass is 313 g/mol. The molecular weight excluding hydrogens is 298 g/mol. The second-order valence-electron chi connectivity index (χ2n) is 5.23. The van der Waals surface area contributed by atoms with E-state index >= 15 is 0 Å². The van der Waals surface area contributed by atoms with Crippen molar-refractivity contribution in [2.75, 3.05) is 25.5 Å². The van der Waals surface area contributed by atoms with Crippen molar-refractivity contribution in [2.45, 2.75) is 22.6 Å². The van der Waals surface area contributed by atoms with Crippen LogP contribution in [-0.2, 0) is 10.0 Å². The molecule has 2 bridgehead atoms. The minimum atomic E-state index is -3.42. The maximum atomic E-state index is 12.7. The summed E-state index contributed by atoms with van der Waals surface area (Å²) in [6, 6.07) is 5.04. The Kier molecular flexibility index (Phi) is 2.90. The normalized spacial score (nSPS) is 28.8. The zero-order valence-electron chi connectivity index (χ0n) is 10.8. The van der Waals surface area contributed by atoms with Gasteiger partial charge in [-0.1, -0.05) is 0 Å². The van der Waals surface area contributed by atoms with Gasteiger partial charge in [0.25, 0.3) is 0 Å². The molecule has 0 N–H and O–H groups in total. The van der Waals surface area contributed by atoms with Crippen LogP contribution in [0.4, 0.5) is 0 Å². The highest BCUT2D eigenvalue weighted by molar-refractivity contribution is 8.00. The number of ether oxygens (including phenoxy) is 2. The predicted octanol–water partition coefficient (Wildman–Crippen LogP) is 1.34. The summed E-state index contributed by atoms with van der Waals surface area (Å²) in [4.78, 5) is 0.305. The van der Waals surface area contributed by atoms with Crippen LogP contribution >= 0.6 is 11.8 Å². The first-order chi connectivity index (χ1) is 9.64. The van der Waals surface area contributed by atoms with Crippen molar-refractivity contribution < 1.29 is 17.9 Å². The van der Waals surface area contributed by atoms with Crippen LogP contribution in [0.15, 0.2) is 23.1 Å². The highest BCUT2D eigenvalue weighted by atomic mass is 32.2. The largest absolute Gasteiger partial charge is 0.486 e. The van der Waals surface area contributed by atoms with Crippen molar-refractivity contribution in [1.82, 2.24) is 4.31 Å². The molecule has 2 saturated heterocycles. The molecule has 2 atom stereocenters. The van der Waals surface area contributed by atoms with Crippen LogP contribution < -0.4 is 9.47 Å². The van der Waals surface area contributed by atoms with E-state index in [4.69, 9.17) is 9.47 Å². The molecular formula is C13H15NO4S2. The number of hydrogen-bond donors (Lipinski definition) is 0. The van der Waals surface area contributed by atoms with E-state index < -0.39 is 10.0 Å². The fourth-order valence-electron chi connectivity index (χ4n) is 2.98. The summed E-state index contributed by atoms with van der Waals surface area (Å²) in [6.07, 6.45) is 0.981. The Bertz CT molecular complexity index is 646. The van der Waals surface area contributed by atoms with E-state index in [1.54, 1.807) is 22.5 Å². The summed E-state index contributed by atoms with van der Waals surface area (Å²) in [7, 11) is -3.42. The van der Waals surface area contributed by atoms with E-state index in [0.717, 1.165) is 12.2 Å². The van der Waals surface area contributed by atoms with Gasteiger partial charge >= 0.3 is 0 Å². The molecule has 0 radical (unpaired) electrons. The Labute approximate surface area is 122 Å². The van der Waals surface area contributed by atoms with E-state index in [1.807, 2.05) is 11.8 Å². The van der Waals surface area contributed by atoms with Crippen LogP contribution in [0, 0.1) is 0 Å². The molecule has 5 nitrogen and oxygen atoms in total. The minimum absolute atomic E-state index is 0.156. The number of hydrogen-bond acceptors (Lipinski definition) is 5. The first-order valence-corrected chi connectivity index (χ1v) is 9.16. The van der Waals surface area contributed by atoms with Crippen LogP contribution in [0.2, 0.25) is 0 Å². The summed E-state index contributed by atoms with van der Waals surface area (Å²) in [5, 5.41) is 0.465. The van der Waals surface area contributed by atoms with E-state index in [2.05, 4.69) is 0 Å².